The Kier molecular flexibility index (Phi) is 6.00. The van der Waals surface area contributed by atoms with Crippen LogP contribution >= 0.6 is 23.2 Å². The maximum Gasteiger partial charge on any atom is 0.243 e. The molecule has 0 unspecified atom stereocenters. The van der Waals surface area contributed by atoms with Crippen molar-refractivity contribution < 1.29 is 9.53 Å². The van der Waals surface area contributed by atoms with Gasteiger partial charge in [0.2, 0.25) is 5.91 Å². The van der Waals surface area contributed by atoms with E-state index >= 15 is 0 Å². The molecule has 0 spiro atoms. The van der Waals surface area contributed by atoms with Crippen molar-refractivity contribution in [3.05, 3.63) is 82.8 Å². The number of anilines is 2. The molecular formula is C20H16Cl2N2O2. The Morgan fingerprint density at radius 3 is 2.38 bits per heavy atom. The van der Waals surface area contributed by atoms with Crippen molar-refractivity contribution >= 4 is 40.5 Å². The summed E-state index contributed by atoms with van der Waals surface area (Å²) >= 11 is 11.8. The number of para-hydroxylation sites is 3. The average Bonchev–Trinajstić information content (AvgIpc) is 2.65. The molecule has 0 heterocycles. The summed E-state index contributed by atoms with van der Waals surface area (Å²) in [5.41, 5.74) is 1.31. The maximum absolute atomic E-state index is 12.2. The summed E-state index contributed by atoms with van der Waals surface area (Å²) in [6, 6.07) is 21.8. The van der Waals surface area contributed by atoms with E-state index in [-0.39, 0.29) is 12.5 Å². The average molecular weight is 387 g/mol. The van der Waals surface area contributed by atoms with E-state index in [9.17, 15) is 4.79 Å². The Bertz CT molecular complexity index is 901. The van der Waals surface area contributed by atoms with E-state index < -0.39 is 0 Å². The van der Waals surface area contributed by atoms with Crippen LogP contribution < -0.4 is 15.4 Å². The second-order valence-corrected chi connectivity index (χ2v) is 6.26. The van der Waals surface area contributed by atoms with Crippen LogP contribution in [0.2, 0.25) is 10.0 Å². The molecule has 132 valence electrons. The normalized spacial score (nSPS) is 10.2. The van der Waals surface area contributed by atoms with Gasteiger partial charge in [0.25, 0.3) is 0 Å². The quantitative estimate of drug-likeness (QED) is 0.559. The van der Waals surface area contributed by atoms with Gasteiger partial charge >= 0.3 is 0 Å². The van der Waals surface area contributed by atoms with Crippen LogP contribution in [0.5, 0.6) is 11.5 Å². The maximum atomic E-state index is 12.2. The molecular weight excluding hydrogens is 371 g/mol. The molecule has 0 radical (unpaired) electrons. The highest BCUT2D eigenvalue weighted by molar-refractivity contribution is 6.42. The fourth-order valence-corrected chi connectivity index (χ4v) is 2.57. The number of nitrogens with one attached hydrogen (secondary N) is 2. The second-order valence-electron chi connectivity index (χ2n) is 5.44. The Morgan fingerprint density at radius 2 is 1.62 bits per heavy atom. The molecule has 0 bridgehead atoms. The third-order valence-electron chi connectivity index (χ3n) is 3.50. The Balaban J connectivity index is 1.62. The van der Waals surface area contributed by atoms with Gasteiger partial charge in [-0.3, -0.25) is 4.79 Å². The molecule has 0 saturated carbocycles. The van der Waals surface area contributed by atoms with Crippen LogP contribution in [0, 0.1) is 0 Å². The fraction of sp³-hybridized carbons (Fsp3) is 0.0500. The fourth-order valence-electron chi connectivity index (χ4n) is 2.27. The van der Waals surface area contributed by atoms with Gasteiger partial charge in [-0.15, -0.1) is 0 Å². The second kappa shape index (κ2) is 8.61. The van der Waals surface area contributed by atoms with Crippen molar-refractivity contribution in [3.8, 4) is 11.5 Å². The number of carbonyl (C=O) groups is 1. The molecule has 3 aromatic carbocycles. The van der Waals surface area contributed by atoms with E-state index in [1.165, 1.54) is 0 Å². The topological polar surface area (TPSA) is 50.4 Å². The summed E-state index contributed by atoms with van der Waals surface area (Å²) in [6.45, 7) is 0.0788. The number of halogens is 2. The van der Waals surface area contributed by atoms with Crippen LogP contribution in [0.4, 0.5) is 11.4 Å². The van der Waals surface area contributed by atoms with Crippen molar-refractivity contribution in [2.75, 3.05) is 17.2 Å². The first kappa shape index (κ1) is 18.1. The predicted octanol–water partition coefficient (Wildman–Crippen LogP) is 5.84. The number of hydrogen-bond donors (Lipinski definition) is 2. The smallest absolute Gasteiger partial charge is 0.243 e. The molecule has 3 aromatic rings. The lowest BCUT2D eigenvalue weighted by molar-refractivity contribution is -0.114. The molecule has 0 aromatic heterocycles. The van der Waals surface area contributed by atoms with Crippen LogP contribution in [-0.2, 0) is 4.79 Å². The number of rotatable bonds is 6. The number of hydrogen-bond acceptors (Lipinski definition) is 3. The number of benzene rings is 3. The van der Waals surface area contributed by atoms with Gasteiger partial charge in [-0.2, -0.15) is 0 Å². The molecule has 0 aliphatic rings. The van der Waals surface area contributed by atoms with Gasteiger partial charge in [0.05, 0.1) is 22.3 Å². The van der Waals surface area contributed by atoms with E-state index in [0.717, 1.165) is 11.4 Å². The Hall–Kier alpha value is -2.69. The van der Waals surface area contributed by atoms with Crippen molar-refractivity contribution in [3.63, 3.8) is 0 Å². The summed E-state index contributed by atoms with van der Waals surface area (Å²) in [4.78, 5) is 12.2. The third kappa shape index (κ3) is 4.91. The Morgan fingerprint density at radius 1 is 0.885 bits per heavy atom. The molecule has 0 saturated heterocycles. The lowest BCUT2D eigenvalue weighted by Gasteiger charge is -2.13. The van der Waals surface area contributed by atoms with E-state index in [1.807, 2.05) is 54.6 Å². The SMILES string of the molecule is O=C(CNc1ccccc1Oc1ccccc1)Nc1ccc(Cl)c(Cl)c1. The molecule has 2 N–H and O–H groups in total. The van der Waals surface area contributed by atoms with Crippen LogP contribution in [0.25, 0.3) is 0 Å². The minimum Gasteiger partial charge on any atom is -0.455 e. The largest absolute Gasteiger partial charge is 0.455 e. The standard InChI is InChI=1S/C20H16Cl2N2O2/c21-16-11-10-14(12-17(16)22)24-20(25)13-23-18-8-4-5-9-19(18)26-15-6-2-1-3-7-15/h1-12,23H,13H2,(H,24,25). The molecule has 1 amide bonds. The zero-order chi connectivity index (χ0) is 18.4. The molecule has 6 heteroatoms. The molecule has 4 nitrogen and oxygen atoms in total. The molecule has 0 aliphatic carbocycles. The first-order chi connectivity index (χ1) is 12.6. The van der Waals surface area contributed by atoms with Gasteiger partial charge in [-0.05, 0) is 42.5 Å². The lowest BCUT2D eigenvalue weighted by atomic mass is 10.2. The van der Waals surface area contributed by atoms with Gasteiger partial charge < -0.3 is 15.4 Å². The third-order valence-corrected chi connectivity index (χ3v) is 4.24. The molecule has 0 aliphatic heterocycles. The highest BCUT2D eigenvalue weighted by Crippen LogP contribution is 2.29. The van der Waals surface area contributed by atoms with E-state index in [2.05, 4.69) is 10.6 Å². The monoisotopic (exact) mass is 386 g/mol. The molecule has 0 fully saturated rings. The highest BCUT2D eigenvalue weighted by atomic mass is 35.5. The van der Waals surface area contributed by atoms with Crippen LogP contribution in [0.1, 0.15) is 0 Å². The lowest BCUT2D eigenvalue weighted by Crippen LogP contribution is -2.21. The van der Waals surface area contributed by atoms with Crippen LogP contribution in [0.3, 0.4) is 0 Å². The minimum atomic E-state index is -0.210. The summed E-state index contributed by atoms with van der Waals surface area (Å²) in [6.07, 6.45) is 0. The summed E-state index contributed by atoms with van der Waals surface area (Å²) < 4.78 is 5.86. The van der Waals surface area contributed by atoms with Gasteiger partial charge in [0.1, 0.15) is 5.75 Å². The minimum absolute atomic E-state index is 0.0788. The summed E-state index contributed by atoms with van der Waals surface area (Å²) in [5, 5.41) is 6.68. The van der Waals surface area contributed by atoms with Gasteiger partial charge in [0.15, 0.2) is 5.75 Å². The molecule has 26 heavy (non-hydrogen) atoms. The highest BCUT2D eigenvalue weighted by Gasteiger charge is 2.08. The van der Waals surface area contributed by atoms with Gasteiger partial charge in [-0.25, -0.2) is 0 Å². The van der Waals surface area contributed by atoms with E-state index in [1.54, 1.807) is 18.2 Å². The Labute approximate surface area is 161 Å². The predicted molar refractivity (Wildman–Crippen MR) is 107 cm³/mol. The number of carbonyl (C=O) groups excluding carboxylic acids is 1. The van der Waals surface area contributed by atoms with Crippen molar-refractivity contribution in [1.82, 2.24) is 0 Å². The summed E-state index contributed by atoms with van der Waals surface area (Å²) in [5.74, 6) is 1.15. The van der Waals surface area contributed by atoms with Crippen molar-refractivity contribution in [2.45, 2.75) is 0 Å². The van der Waals surface area contributed by atoms with E-state index in [0.29, 0.717) is 21.5 Å². The first-order valence-corrected chi connectivity index (χ1v) is 8.68. The zero-order valence-electron chi connectivity index (χ0n) is 13.7. The first-order valence-electron chi connectivity index (χ1n) is 7.92. The molecule has 0 atom stereocenters. The van der Waals surface area contributed by atoms with Gasteiger partial charge in [0, 0.05) is 5.69 Å². The van der Waals surface area contributed by atoms with E-state index in [4.69, 9.17) is 27.9 Å². The molecule has 3 rings (SSSR count). The summed E-state index contributed by atoms with van der Waals surface area (Å²) in [7, 11) is 0. The van der Waals surface area contributed by atoms with Crippen LogP contribution in [-0.4, -0.2) is 12.5 Å². The number of ether oxygens (including phenoxy) is 1. The van der Waals surface area contributed by atoms with Crippen molar-refractivity contribution in [1.29, 1.82) is 0 Å². The van der Waals surface area contributed by atoms with Gasteiger partial charge in [-0.1, -0.05) is 53.5 Å². The number of amides is 1. The zero-order valence-corrected chi connectivity index (χ0v) is 15.2. The van der Waals surface area contributed by atoms with Crippen LogP contribution in [0.15, 0.2) is 72.8 Å². The van der Waals surface area contributed by atoms with Crippen molar-refractivity contribution in [2.24, 2.45) is 0 Å².